The van der Waals surface area contributed by atoms with E-state index in [4.69, 9.17) is 4.74 Å². The molecule has 1 aromatic heterocycles. The molecular weight excluding hydrogens is 328 g/mol. The minimum atomic E-state index is -0.465. The number of non-ortho nitro benzene ring substituents is 1. The van der Waals surface area contributed by atoms with Crippen molar-refractivity contribution in [2.24, 2.45) is 0 Å². The lowest BCUT2D eigenvalue weighted by Crippen LogP contribution is -2.41. The number of nitrogens with zero attached hydrogens (tertiary/aromatic N) is 2. The molecule has 1 amide bonds. The molecule has 3 rings (SSSR count). The van der Waals surface area contributed by atoms with E-state index in [1.54, 1.807) is 11.3 Å². The highest BCUT2D eigenvalue weighted by atomic mass is 32.1. The molecular formula is C17H18N2O4S. The monoisotopic (exact) mass is 346 g/mol. The molecule has 1 aromatic carbocycles. The summed E-state index contributed by atoms with van der Waals surface area (Å²) >= 11 is 1.75. The van der Waals surface area contributed by atoms with Crippen molar-refractivity contribution in [1.82, 2.24) is 4.90 Å². The number of hydrogen-bond acceptors (Lipinski definition) is 5. The van der Waals surface area contributed by atoms with E-state index < -0.39 is 4.92 Å². The Morgan fingerprint density at radius 2 is 2.12 bits per heavy atom. The highest BCUT2D eigenvalue weighted by Gasteiger charge is 2.30. The molecule has 1 aliphatic heterocycles. The van der Waals surface area contributed by atoms with Crippen LogP contribution in [0.15, 0.2) is 35.7 Å². The number of nitro groups is 1. The van der Waals surface area contributed by atoms with Gasteiger partial charge >= 0.3 is 0 Å². The van der Waals surface area contributed by atoms with E-state index >= 15 is 0 Å². The van der Waals surface area contributed by atoms with Gasteiger partial charge in [0.15, 0.2) is 6.61 Å². The van der Waals surface area contributed by atoms with Crippen molar-refractivity contribution in [3.05, 3.63) is 56.3 Å². The van der Waals surface area contributed by atoms with Crippen molar-refractivity contribution in [2.45, 2.75) is 25.8 Å². The number of carbonyl (C=O) groups is 1. The fourth-order valence-corrected chi connectivity index (χ4v) is 3.96. The van der Waals surface area contributed by atoms with Gasteiger partial charge in [0.25, 0.3) is 11.6 Å². The maximum absolute atomic E-state index is 12.5. The summed E-state index contributed by atoms with van der Waals surface area (Å²) in [7, 11) is 0. The molecule has 126 valence electrons. The average Bonchev–Trinajstić information content (AvgIpc) is 3.07. The van der Waals surface area contributed by atoms with Crippen LogP contribution in [0.25, 0.3) is 0 Å². The van der Waals surface area contributed by atoms with Crippen LogP contribution in [0.3, 0.4) is 0 Å². The van der Waals surface area contributed by atoms with Crippen LogP contribution in [0.1, 0.15) is 29.8 Å². The molecule has 0 radical (unpaired) electrons. The standard InChI is InChI=1S/C17H18N2O4S/c1-2-15-14-8-10-24-16(14)7-9-18(15)17(20)11-23-13-5-3-12(4-6-13)19(21)22/h3-6,8,10,15H,2,7,9,11H2,1H3/t15-/m0/s1. The Kier molecular flexibility index (Phi) is 4.80. The van der Waals surface area contributed by atoms with Gasteiger partial charge in [-0.15, -0.1) is 11.3 Å². The number of ether oxygens (including phenoxy) is 1. The highest BCUT2D eigenvalue weighted by Crippen LogP contribution is 2.35. The van der Waals surface area contributed by atoms with Gasteiger partial charge in [-0.3, -0.25) is 14.9 Å². The largest absolute Gasteiger partial charge is 0.484 e. The number of benzene rings is 1. The Hall–Kier alpha value is -2.41. The molecule has 1 atom stereocenters. The Bertz CT molecular complexity index is 741. The number of carbonyl (C=O) groups excluding carboxylic acids is 1. The first-order valence-corrected chi connectivity index (χ1v) is 8.71. The highest BCUT2D eigenvalue weighted by molar-refractivity contribution is 7.10. The Morgan fingerprint density at radius 1 is 1.38 bits per heavy atom. The topological polar surface area (TPSA) is 72.7 Å². The molecule has 0 saturated heterocycles. The Balaban J connectivity index is 1.63. The van der Waals surface area contributed by atoms with Crippen LogP contribution < -0.4 is 4.74 Å². The van der Waals surface area contributed by atoms with Crippen LogP contribution in [0.2, 0.25) is 0 Å². The van der Waals surface area contributed by atoms with Crippen LogP contribution in [-0.4, -0.2) is 28.9 Å². The lowest BCUT2D eigenvalue weighted by Gasteiger charge is -2.35. The van der Waals surface area contributed by atoms with Crippen molar-refractivity contribution in [3.8, 4) is 5.75 Å². The predicted molar refractivity (Wildman–Crippen MR) is 91.4 cm³/mol. The van der Waals surface area contributed by atoms with Crippen LogP contribution >= 0.6 is 11.3 Å². The van der Waals surface area contributed by atoms with Gasteiger partial charge in [0.05, 0.1) is 11.0 Å². The minimum absolute atomic E-state index is 0.000686. The molecule has 24 heavy (non-hydrogen) atoms. The van der Waals surface area contributed by atoms with Gasteiger partial charge < -0.3 is 9.64 Å². The Morgan fingerprint density at radius 3 is 2.79 bits per heavy atom. The quantitative estimate of drug-likeness (QED) is 0.613. The van der Waals surface area contributed by atoms with Gasteiger partial charge in [0.2, 0.25) is 0 Å². The van der Waals surface area contributed by atoms with Crippen LogP contribution in [-0.2, 0) is 11.2 Å². The van der Waals surface area contributed by atoms with Crippen LogP contribution in [0.4, 0.5) is 5.69 Å². The zero-order chi connectivity index (χ0) is 17.1. The maximum atomic E-state index is 12.5. The van der Waals surface area contributed by atoms with Crippen molar-refractivity contribution >= 4 is 22.9 Å². The molecule has 0 fully saturated rings. The normalized spacial score (nSPS) is 16.5. The first kappa shape index (κ1) is 16.4. The number of rotatable bonds is 5. The summed E-state index contributed by atoms with van der Waals surface area (Å²) in [6.45, 7) is 2.72. The first-order chi connectivity index (χ1) is 11.6. The second kappa shape index (κ2) is 7.00. The van der Waals surface area contributed by atoms with Crippen molar-refractivity contribution in [3.63, 3.8) is 0 Å². The molecule has 0 aliphatic carbocycles. The number of thiophene rings is 1. The molecule has 0 N–H and O–H groups in total. The van der Waals surface area contributed by atoms with Crippen LogP contribution in [0.5, 0.6) is 5.75 Å². The van der Waals surface area contributed by atoms with Gasteiger partial charge in [0, 0.05) is 23.6 Å². The summed E-state index contributed by atoms with van der Waals surface area (Å²) < 4.78 is 5.51. The number of amides is 1. The van der Waals surface area contributed by atoms with E-state index in [0.717, 1.165) is 12.8 Å². The van der Waals surface area contributed by atoms with Crippen LogP contribution in [0, 0.1) is 10.1 Å². The number of nitro benzene ring substituents is 1. The third-order valence-corrected chi connectivity index (χ3v) is 5.21. The summed E-state index contributed by atoms with van der Waals surface area (Å²) in [4.78, 5) is 26.0. The van der Waals surface area contributed by atoms with Crippen molar-refractivity contribution in [1.29, 1.82) is 0 Å². The zero-order valence-electron chi connectivity index (χ0n) is 13.3. The van der Waals surface area contributed by atoms with Crippen molar-refractivity contribution in [2.75, 3.05) is 13.2 Å². The predicted octanol–water partition coefficient (Wildman–Crippen LogP) is 3.57. The molecule has 7 heteroatoms. The third-order valence-electron chi connectivity index (χ3n) is 4.21. The van der Waals surface area contributed by atoms with Gasteiger partial charge in [-0.25, -0.2) is 0 Å². The number of fused-ring (bicyclic) bond motifs is 1. The van der Waals surface area contributed by atoms with Gasteiger partial charge in [0.1, 0.15) is 5.75 Å². The first-order valence-electron chi connectivity index (χ1n) is 7.83. The van der Waals surface area contributed by atoms with Gasteiger partial charge in [-0.05, 0) is 42.0 Å². The maximum Gasteiger partial charge on any atom is 0.269 e. The lowest BCUT2D eigenvalue weighted by molar-refractivity contribution is -0.384. The molecule has 6 nitrogen and oxygen atoms in total. The number of hydrogen-bond donors (Lipinski definition) is 0. The van der Waals surface area contributed by atoms with E-state index in [0.29, 0.717) is 12.3 Å². The summed E-state index contributed by atoms with van der Waals surface area (Å²) in [5.41, 5.74) is 1.25. The van der Waals surface area contributed by atoms with E-state index in [2.05, 4.69) is 18.4 Å². The molecule has 2 aromatic rings. The molecule has 0 spiro atoms. The van der Waals surface area contributed by atoms with Gasteiger partial charge in [-0.1, -0.05) is 6.92 Å². The molecule has 2 heterocycles. The summed E-state index contributed by atoms with van der Waals surface area (Å²) in [6, 6.07) is 7.96. The van der Waals surface area contributed by atoms with E-state index in [1.807, 2.05) is 4.90 Å². The SMILES string of the molecule is CC[C@H]1c2ccsc2CCN1C(=O)COc1ccc([N+](=O)[O-])cc1. The fourth-order valence-electron chi connectivity index (χ4n) is 3.03. The average molecular weight is 346 g/mol. The fraction of sp³-hybridized carbons (Fsp3) is 0.353. The van der Waals surface area contributed by atoms with E-state index in [9.17, 15) is 14.9 Å². The minimum Gasteiger partial charge on any atom is -0.484 e. The second-order valence-electron chi connectivity index (χ2n) is 5.60. The second-order valence-corrected chi connectivity index (χ2v) is 6.60. The van der Waals surface area contributed by atoms with Crippen molar-refractivity contribution < 1.29 is 14.5 Å². The summed E-state index contributed by atoms with van der Waals surface area (Å²) in [5.74, 6) is 0.396. The van der Waals surface area contributed by atoms with E-state index in [1.165, 1.54) is 34.7 Å². The lowest BCUT2D eigenvalue weighted by atomic mass is 9.98. The van der Waals surface area contributed by atoms with Gasteiger partial charge in [-0.2, -0.15) is 0 Å². The summed E-state index contributed by atoms with van der Waals surface area (Å²) in [6.07, 6.45) is 1.75. The third kappa shape index (κ3) is 3.26. The molecule has 0 unspecified atom stereocenters. The molecule has 1 aliphatic rings. The molecule has 0 bridgehead atoms. The van der Waals surface area contributed by atoms with E-state index in [-0.39, 0.29) is 24.2 Å². The zero-order valence-corrected chi connectivity index (χ0v) is 14.1. The smallest absolute Gasteiger partial charge is 0.269 e. The summed E-state index contributed by atoms with van der Waals surface area (Å²) in [5, 5.41) is 12.7. The Labute approximate surface area is 143 Å². The molecule has 0 saturated carbocycles.